The minimum Gasteiger partial charge on any atom is -0.385 e. The van der Waals surface area contributed by atoms with Crippen LogP contribution in [-0.4, -0.2) is 24.7 Å². The minimum atomic E-state index is -4.57. The van der Waals surface area contributed by atoms with Gasteiger partial charge in [-0.3, -0.25) is 0 Å². The van der Waals surface area contributed by atoms with Gasteiger partial charge in [-0.25, -0.2) is 9.38 Å². The predicted molar refractivity (Wildman–Crippen MR) is 140 cm³/mol. The van der Waals surface area contributed by atoms with Crippen molar-refractivity contribution in [3.05, 3.63) is 83.4 Å². The predicted octanol–water partition coefficient (Wildman–Crippen LogP) is 7.37. The van der Waals surface area contributed by atoms with Gasteiger partial charge in [-0.15, -0.1) is 0 Å². The Balaban J connectivity index is 2.06. The van der Waals surface area contributed by atoms with E-state index in [0.29, 0.717) is 30.1 Å². The van der Waals surface area contributed by atoms with Crippen molar-refractivity contribution in [2.24, 2.45) is 4.99 Å². The fraction of sp³-hybridized carbons (Fsp3) is 0.393. The number of benzene rings is 1. The highest BCUT2D eigenvalue weighted by Crippen LogP contribution is 2.34. The molecule has 0 amide bonds. The highest BCUT2D eigenvalue weighted by molar-refractivity contribution is 6.04. The molecule has 0 aromatic heterocycles. The fourth-order valence-electron chi connectivity index (χ4n) is 4.44. The lowest BCUT2D eigenvalue weighted by Crippen LogP contribution is -2.40. The first-order valence-corrected chi connectivity index (χ1v) is 12.3. The highest BCUT2D eigenvalue weighted by Gasteiger charge is 2.37. The number of nitrogens with one attached hydrogen (secondary N) is 3. The standard InChI is InChI=1S/C28H34F4N4/c1-5-11-23(28(30,31)32)20(7-3)26-35-25-13-10-8-9-12-21(25)27(36-26)34-18(4)22-17-19(29)14-15-24(22)33-16-6-2/h5,7,11,14-15,17,26,33,35H,3-4,6,8-10,12-13,16H2,1-2H3,(H,34,36)/b11-5-,23-20-. The summed E-state index contributed by atoms with van der Waals surface area (Å²) in [6.07, 6.45) is 3.25. The van der Waals surface area contributed by atoms with Gasteiger partial charge in [-0.05, 0) is 57.2 Å². The van der Waals surface area contributed by atoms with E-state index in [2.05, 4.69) is 34.1 Å². The molecule has 4 nitrogen and oxygen atoms in total. The number of amidine groups is 1. The van der Waals surface area contributed by atoms with Crippen molar-refractivity contribution in [2.75, 3.05) is 11.9 Å². The third-order valence-electron chi connectivity index (χ3n) is 6.18. The summed E-state index contributed by atoms with van der Waals surface area (Å²) < 4.78 is 55.8. The van der Waals surface area contributed by atoms with Crippen LogP contribution in [0.1, 0.15) is 57.9 Å². The number of rotatable bonds is 8. The van der Waals surface area contributed by atoms with Crippen LogP contribution in [0.2, 0.25) is 0 Å². The summed E-state index contributed by atoms with van der Waals surface area (Å²) in [5.41, 5.74) is 2.61. The molecule has 1 heterocycles. The number of anilines is 1. The fourth-order valence-corrected chi connectivity index (χ4v) is 4.44. The number of aliphatic imine (C=N–C) groups is 1. The molecule has 194 valence electrons. The number of allylic oxidation sites excluding steroid dienone is 4. The number of nitrogens with zero attached hydrogens (tertiary/aromatic N) is 1. The maximum Gasteiger partial charge on any atom is 0.416 e. The van der Waals surface area contributed by atoms with Gasteiger partial charge in [0.15, 0.2) is 0 Å². The minimum absolute atomic E-state index is 0.0580. The van der Waals surface area contributed by atoms with Crippen LogP contribution in [0, 0.1) is 5.82 Å². The lowest BCUT2D eigenvalue weighted by molar-refractivity contribution is -0.0890. The van der Waals surface area contributed by atoms with Gasteiger partial charge in [-0.1, -0.05) is 44.7 Å². The molecule has 36 heavy (non-hydrogen) atoms. The molecule has 0 fully saturated rings. The molecule has 1 aromatic carbocycles. The average Bonchev–Trinajstić information content (AvgIpc) is 3.08. The first-order valence-electron chi connectivity index (χ1n) is 12.3. The van der Waals surface area contributed by atoms with Gasteiger partial charge in [0.2, 0.25) is 0 Å². The zero-order valence-electron chi connectivity index (χ0n) is 20.9. The molecule has 1 atom stereocenters. The quantitative estimate of drug-likeness (QED) is 0.257. The van der Waals surface area contributed by atoms with E-state index in [9.17, 15) is 17.6 Å². The zero-order chi connectivity index (χ0) is 26.3. The Morgan fingerprint density at radius 3 is 2.64 bits per heavy atom. The second kappa shape index (κ2) is 12.1. The molecule has 0 radical (unpaired) electrons. The highest BCUT2D eigenvalue weighted by atomic mass is 19.4. The van der Waals surface area contributed by atoms with E-state index in [4.69, 9.17) is 0 Å². The van der Waals surface area contributed by atoms with E-state index >= 15 is 0 Å². The van der Waals surface area contributed by atoms with Crippen LogP contribution < -0.4 is 16.0 Å². The lowest BCUT2D eigenvalue weighted by atomic mass is 9.99. The summed E-state index contributed by atoms with van der Waals surface area (Å²) in [4.78, 5) is 4.67. The Labute approximate surface area is 210 Å². The van der Waals surface area contributed by atoms with Crippen molar-refractivity contribution in [2.45, 2.75) is 64.7 Å². The van der Waals surface area contributed by atoms with Crippen LogP contribution in [0.4, 0.5) is 23.2 Å². The number of halogens is 4. The Kier molecular flexibility index (Phi) is 9.18. The third-order valence-corrected chi connectivity index (χ3v) is 6.18. The summed E-state index contributed by atoms with van der Waals surface area (Å²) in [6, 6.07) is 4.42. The van der Waals surface area contributed by atoms with E-state index in [0.717, 1.165) is 55.1 Å². The van der Waals surface area contributed by atoms with Crippen molar-refractivity contribution >= 4 is 17.2 Å². The second-order valence-electron chi connectivity index (χ2n) is 8.83. The van der Waals surface area contributed by atoms with E-state index < -0.39 is 23.7 Å². The Morgan fingerprint density at radius 2 is 1.97 bits per heavy atom. The molecular formula is C28H34F4N4. The van der Waals surface area contributed by atoms with Crippen molar-refractivity contribution in [3.8, 4) is 0 Å². The SMILES string of the molecule is C=C/C(=C(\C=C/C)C(F)(F)F)C1N=C(NC(=C)c2cc(F)ccc2NCCC)C2=C(CCCCC2)N1. The topological polar surface area (TPSA) is 48.5 Å². The Hall–Kier alpha value is -3.29. The van der Waals surface area contributed by atoms with Crippen molar-refractivity contribution in [1.29, 1.82) is 0 Å². The maximum absolute atomic E-state index is 14.1. The molecule has 0 saturated heterocycles. The van der Waals surface area contributed by atoms with E-state index in [1.165, 1.54) is 31.2 Å². The summed E-state index contributed by atoms with van der Waals surface area (Å²) in [5, 5.41) is 9.73. The first-order chi connectivity index (χ1) is 17.2. The lowest BCUT2D eigenvalue weighted by Gasteiger charge is -2.30. The monoisotopic (exact) mass is 502 g/mol. The molecule has 0 bridgehead atoms. The first kappa shape index (κ1) is 27.3. The molecule has 0 saturated carbocycles. The average molecular weight is 503 g/mol. The zero-order valence-corrected chi connectivity index (χ0v) is 20.9. The summed E-state index contributed by atoms with van der Waals surface area (Å²) in [5.74, 6) is 0.0419. The van der Waals surface area contributed by atoms with E-state index in [1.54, 1.807) is 6.07 Å². The van der Waals surface area contributed by atoms with Gasteiger partial charge >= 0.3 is 6.18 Å². The molecule has 3 rings (SSSR count). The van der Waals surface area contributed by atoms with Crippen molar-refractivity contribution < 1.29 is 17.6 Å². The maximum atomic E-state index is 14.1. The molecule has 0 spiro atoms. The van der Waals surface area contributed by atoms with Gasteiger partial charge < -0.3 is 16.0 Å². The molecular weight excluding hydrogens is 468 g/mol. The molecule has 1 aliphatic carbocycles. The van der Waals surface area contributed by atoms with Crippen LogP contribution in [0.25, 0.3) is 5.70 Å². The Morgan fingerprint density at radius 1 is 1.22 bits per heavy atom. The number of hydrogen-bond acceptors (Lipinski definition) is 4. The van der Waals surface area contributed by atoms with Crippen LogP contribution in [0.3, 0.4) is 0 Å². The smallest absolute Gasteiger partial charge is 0.385 e. The van der Waals surface area contributed by atoms with Crippen LogP contribution in [0.15, 0.2) is 77.0 Å². The molecule has 1 aromatic rings. The van der Waals surface area contributed by atoms with Gasteiger partial charge in [0.25, 0.3) is 0 Å². The van der Waals surface area contributed by atoms with Gasteiger partial charge in [0, 0.05) is 40.3 Å². The van der Waals surface area contributed by atoms with E-state index in [-0.39, 0.29) is 5.57 Å². The molecule has 2 aliphatic rings. The van der Waals surface area contributed by atoms with Crippen molar-refractivity contribution in [3.63, 3.8) is 0 Å². The molecule has 3 N–H and O–H groups in total. The second-order valence-corrected chi connectivity index (χ2v) is 8.83. The van der Waals surface area contributed by atoms with Gasteiger partial charge in [-0.2, -0.15) is 13.2 Å². The van der Waals surface area contributed by atoms with Crippen LogP contribution in [-0.2, 0) is 0 Å². The molecule has 1 aliphatic heterocycles. The molecule has 8 heteroatoms. The van der Waals surface area contributed by atoms with Crippen molar-refractivity contribution in [1.82, 2.24) is 10.6 Å². The van der Waals surface area contributed by atoms with Gasteiger partial charge in [0.1, 0.15) is 17.8 Å². The van der Waals surface area contributed by atoms with Gasteiger partial charge in [0.05, 0.1) is 5.57 Å². The number of alkyl halides is 3. The normalized spacial score (nSPS) is 19.1. The van der Waals surface area contributed by atoms with Crippen LogP contribution >= 0.6 is 0 Å². The molecule has 1 unspecified atom stereocenters. The Bertz CT molecular complexity index is 1110. The van der Waals surface area contributed by atoms with Crippen LogP contribution in [0.5, 0.6) is 0 Å². The number of hydrogen-bond donors (Lipinski definition) is 3. The third kappa shape index (κ3) is 6.47. The summed E-state index contributed by atoms with van der Waals surface area (Å²) in [7, 11) is 0. The largest absolute Gasteiger partial charge is 0.416 e. The summed E-state index contributed by atoms with van der Waals surface area (Å²) in [6.45, 7) is 12.0. The summed E-state index contributed by atoms with van der Waals surface area (Å²) >= 11 is 0. The van der Waals surface area contributed by atoms with E-state index in [1.807, 2.05) is 6.92 Å².